The van der Waals surface area contributed by atoms with Crippen molar-refractivity contribution in [2.24, 2.45) is 0 Å². The Bertz CT molecular complexity index is 800. The second kappa shape index (κ2) is 9.08. The van der Waals surface area contributed by atoms with Gasteiger partial charge >= 0.3 is 0 Å². The Morgan fingerprint density at radius 1 is 1.22 bits per heavy atom. The minimum absolute atomic E-state index is 0.00000622. The molecule has 2 aromatic rings. The van der Waals surface area contributed by atoms with Gasteiger partial charge in [0.25, 0.3) is 0 Å². The Kier molecular flexibility index (Phi) is 6.55. The highest BCUT2D eigenvalue weighted by Crippen LogP contribution is 2.29. The largest absolute Gasteiger partial charge is 0.493 e. The third-order valence-electron chi connectivity index (χ3n) is 4.49. The maximum atomic E-state index is 12.5. The molecular formula is C20H24ClN3O3. The van der Waals surface area contributed by atoms with Crippen LogP contribution in [0.25, 0.3) is 0 Å². The van der Waals surface area contributed by atoms with Crippen LogP contribution in [0.5, 0.6) is 11.5 Å². The summed E-state index contributed by atoms with van der Waals surface area (Å²) in [5.74, 6) is 1.29. The fourth-order valence-corrected chi connectivity index (χ4v) is 3.37. The van der Waals surface area contributed by atoms with E-state index in [1.165, 1.54) is 0 Å². The molecule has 1 amide bonds. The first kappa shape index (κ1) is 19.5. The Balaban J connectivity index is 1.57. The molecule has 0 saturated carbocycles. The van der Waals surface area contributed by atoms with Crippen LogP contribution >= 0.6 is 11.6 Å². The molecule has 1 fully saturated rings. The van der Waals surface area contributed by atoms with E-state index in [0.29, 0.717) is 36.1 Å². The van der Waals surface area contributed by atoms with E-state index >= 15 is 0 Å². The number of hydrazine groups is 1. The number of methoxy groups -OCH3 is 1. The molecule has 0 aliphatic carbocycles. The molecule has 1 aliphatic rings. The number of ether oxygens (including phenoxy) is 2. The molecule has 1 aliphatic heterocycles. The zero-order chi connectivity index (χ0) is 19.2. The van der Waals surface area contributed by atoms with Crippen molar-refractivity contribution in [3.63, 3.8) is 0 Å². The van der Waals surface area contributed by atoms with Crippen LogP contribution < -0.4 is 25.6 Å². The van der Waals surface area contributed by atoms with Crippen molar-refractivity contribution in [1.82, 2.24) is 16.2 Å². The molecule has 3 N–H and O–H groups in total. The lowest BCUT2D eigenvalue weighted by molar-refractivity contribution is -0.123. The van der Waals surface area contributed by atoms with Crippen LogP contribution in [0.4, 0.5) is 0 Å². The monoisotopic (exact) mass is 389 g/mol. The van der Waals surface area contributed by atoms with E-state index in [0.717, 1.165) is 11.1 Å². The summed E-state index contributed by atoms with van der Waals surface area (Å²) in [6.45, 7) is 2.88. The Labute approximate surface area is 164 Å². The van der Waals surface area contributed by atoms with Crippen LogP contribution in [-0.2, 0) is 11.3 Å². The second-order valence-electron chi connectivity index (χ2n) is 6.29. The maximum Gasteiger partial charge on any atom is 0.238 e. The zero-order valence-electron chi connectivity index (χ0n) is 15.4. The van der Waals surface area contributed by atoms with Crippen LogP contribution in [-0.4, -0.2) is 25.7 Å². The molecule has 0 radical (unpaired) electrons. The van der Waals surface area contributed by atoms with E-state index in [1.807, 2.05) is 49.4 Å². The third kappa shape index (κ3) is 4.71. The number of nitrogens with one attached hydrogen (secondary N) is 3. The number of carbonyl (C=O) groups excluding carboxylic acids is 1. The van der Waals surface area contributed by atoms with E-state index in [2.05, 4.69) is 16.2 Å². The summed E-state index contributed by atoms with van der Waals surface area (Å²) in [5.41, 5.74) is 8.14. The molecule has 2 unspecified atom stereocenters. The smallest absolute Gasteiger partial charge is 0.238 e. The minimum atomic E-state index is -0.323. The standard InChI is InChI=1S/C20H24ClN3O3/c1-3-27-19-10-13(8-9-18(19)26-2)12-22-20(25)17-11-16(23-24-17)14-6-4-5-7-15(14)21/h4-10,16-17,23-24H,3,11-12H2,1-2H3,(H,22,25). The number of halogens is 1. The first-order valence-corrected chi connectivity index (χ1v) is 9.33. The lowest BCUT2D eigenvalue weighted by Crippen LogP contribution is -2.42. The van der Waals surface area contributed by atoms with Crippen LogP contribution in [0, 0.1) is 0 Å². The van der Waals surface area contributed by atoms with Gasteiger partial charge in [-0.05, 0) is 42.7 Å². The van der Waals surface area contributed by atoms with Gasteiger partial charge in [0.2, 0.25) is 5.91 Å². The summed E-state index contributed by atoms with van der Waals surface area (Å²) in [6, 6.07) is 13.0. The Morgan fingerprint density at radius 2 is 2.04 bits per heavy atom. The second-order valence-corrected chi connectivity index (χ2v) is 6.69. The quantitative estimate of drug-likeness (QED) is 0.679. The van der Waals surface area contributed by atoms with Crippen LogP contribution in [0.1, 0.15) is 30.5 Å². The van der Waals surface area contributed by atoms with Crippen molar-refractivity contribution in [3.8, 4) is 11.5 Å². The number of hydrogen-bond acceptors (Lipinski definition) is 5. The van der Waals surface area contributed by atoms with Gasteiger partial charge in [-0.2, -0.15) is 0 Å². The first-order valence-electron chi connectivity index (χ1n) is 8.95. The van der Waals surface area contributed by atoms with Crippen molar-refractivity contribution >= 4 is 17.5 Å². The van der Waals surface area contributed by atoms with Gasteiger partial charge in [-0.15, -0.1) is 0 Å². The number of amides is 1. The fraction of sp³-hybridized carbons (Fsp3) is 0.350. The predicted octanol–water partition coefficient (Wildman–Crippen LogP) is 2.97. The Hall–Kier alpha value is -2.28. The Morgan fingerprint density at radius 3 is 2.78 bits per heavy atom. The molecule has 0 bridgehead atoms. The number of hydrogen-bond donors (Lipinski definition) is 3. The predicted molar refractivity (Wildman–Crippen MR) is 105 cm³/mol. The van der Waals surface area contributed by atoms with Crippen LogP contribution in [0.15, 0.2) is 42.5 Å². The molecule has 144 valence electrons. The van der Waals surface area contributed by atoms with Crippen molar-refractivity contribution < 1.29 is 14.3 Å². The van der Waals surface area contributed by atoms with Gasteiger partial charge in [-0.25, -0.2) is 10.9 Å². The average Bonchev–Trinajstić information content (AvgIpc) is 3.17. The van der Waals surface area contributed by atoms with E-state index in [1.54, 1.807) is 7.11 Å². The lowest BCUT2D eigenvalue weighted by Gasteiger charge is -2.13. The summed E-state index contributed by atoms with van der Waals surface area (Å²) < 4.78 is 10.9. The summed E-state index contributed by atoms with van der Waals surface area (Å²) in [4.78, 5) is 12.5. The van der Waals surface area contributed by atoms with Gasteiger partial charge < -0.3 is 14.8 Å². The van der Waals surface area contributed by atoms with Crippen molar-refractivity contribution in [2.45, 2.75) is 32.0 Å². The van der Waals surface area contributed by atoms with Crippen molar-refractivity contribution in [2.75, 3.05) is 13.7 Å². The molecule has 2 aromatic carbocycles. The highest BCUT2D eigenvalue weighted by Gasteiger charge is 2.30. The SMILES string of the molecule is CCOc1cc(CNC(=O)C2CC(c3ccccc3Cl)NN2)ccc1OC. The van der Waals surface area contributed by atoms with E-state index in [9.17, 15) is 4.79 Å². The molecule has 1 heterocycles. The van der Waals surface area contributed by atoms with Gasteiger partial charge in [-0.1, -0.05) is 35.9 Å². The topological polar surface area (TPSA) is 71.6 Å². The third-order valence-corrected chi connectivity index (χ3v) is 4.84. The van der Waals surface area contributed by atoms with E-state index in [4.69, 9.17) is 21.1 Å². The van der Waals surface area contributed by atoms with Crippen LogP contribution in [0.3, 0.4) is 0 Å². The fourth-order valence-electron chi connectivity index (χ4n) is 3.10. The molecule has 0 spiro atoms. The van der Waals surface area contributed by atoms with Gasteiger partial charge in [0, 0.05) is 17.6 Å². The summed E-state index contributed by atoms with van der Waals surface area (Å²) >= 11 is 6.25. The number of carbonyl (C=O) groups is 1. The number of rotatable bonds is 7. The highest BCUT2D eigenvalue weighted by molar-refractivity contribution is 6.31. The van der Waals surface area contributed by atoms with Crippen molar-refractivity contribution in [3.05, 3.63) is 58.6 Å². The lowest BCUT2D eigenvalue weighted by atomic mass is 10.0. The number of benzene rings is 2. The van der Waals surface area contributed by atoms with Gasteiger partial charge in [-0.3, -0.25) is 4.79 Å². The zero-order valence-corrected chi connectivity index (χ0v) is 16.2. The average molecular weight is 390 g/mol. The molecule has 0 aromatic heterocycles. The van der Waals surface area contributed by atoms with Gasteiger partial charge in [0.15, 0.2) is 11.5 Å². The first-order chi connectivity index (χ1) is 13.1. The maximum absolute atomic E-state index is 12.5. The molecule has 3 rings (SSSR count). The molecular weight excluding hydrogens is 366 g/mol. The molecule has 7 heteroatoms. The molecule has 27 heavy (non-hydrogen) atoms. The summed E-state index contributed by atoms with van der Waals surface area (Å²) in [6.07, 6.45) is 0.627. The molecule has 2 atom stereocenters. The highest BCUT2D eigenvalue weighted by atomic mass is 35.5. The van der Waals surface area contributed by atoms with E-state index < -0.39 is 0 Å². The van der Waals surface area contributed by atoms with Crippen molar-refractivity contribution in [1.29, 1.82) is 0 Å². The molecule has 1 saturated heterocycles. The van der Waals surface area contributed by atoms with E-state index in [-0.39, 0.29) is 18.0 Å². The minimum Gasteiger partial charge on any atom is -0.493 e. The normalized spacial score (nSPS) is 18.9. The van der Waals surface area contributed by atoms with Crippen LogP contribution in [0.2, 0.25) is 5.02 Å². The van der Waals surface area contributed by atoms with Gasteiger partial charge in [0.05, 0.1) is 13.7 Å². The summed E-state index contributed by atoms with van der Waals surface area (Å²) in [5, 5.41) is 3.66. The molecule has 6 nitrogen and oxygen atoms in total. The summed E-state index contributed by atoms with van der Waals surface area (Å²) in [7, 11) is 1.60. The van der Waals surface area contributed by atoms with Gasteiger partial charge in [0.1, 0.15) is 6.04 Å².